The third-order valence-electron chi connectivity index (χ3n) is 4.91. The Morgan fingerprint density at radius 1 is 1.42 bits per heavy atom. The van der Waals surface area contributed by atoms with Crippen LogP contribution in [-0.2, 0) is 9.59 Å². The number of nitrogens with zero attached hydrogens (tertiary/aromatic N) is 1. The van der Waals surface area contributed by atoms with Gasteiger partial charge in [0.05, 0.1) is 11.6 Å². The van der Waals surface area contributed by atoms with Crippen LogP contribution in [0.3, 0.4) is 0 Å². The smallest absolute Gasteiger partial charge is 0.240 e. The molecular formula is C14H23N3O2. The molecule has 0 radical (unpaired) electrons. The highest BCUT2D eigenvalue weighted by molar-refractivity contribution is 5.88. The predicted molar refractivity (Wildman–Crippen MR) is 71.2 cm³/mol. The number of hydrogen-bond acceptors (Lipinski definition) is 3. The molecule has 1 saturated heterocycles. The van der Waals surface area contributed by atoms with Crippen molar-refractivity contribution in [3.8, 4) is 0 Å². The van der Waals surface area contributed by atoms with E-state index in [-0.39, 0.29) is 17.9 Å². The molecule has 0 aromatic heterocycles. The first-order valence-electron chi connectivity index (χ1n) is 7.39. The molecule has 0 unspecified atom stereocenters. The number of likely N-dealkylation sites (tertiary alicyclic amines) is 1. The molecule has 0 aromatic rings. The van der Waals surface area contributed by atoms with E-state index in [4.69, 9.17) is 5.73 Å². The van der Waals surface area contributed by atoms with E-state index < -0.39 is 5.54 Å². The Kier molecular flexibility index (Phi) is 3.04. The van der Waals surface area contributed by atoms with Crippen LogP contribution in [0.15, 0.2) is 0 Å². The minimum atomic E-state index is -0.691. The van der Waals surface area contributed by atoms with Gasteiger partial charge in [0.2, 0.25) is 11.8 Å². The Bertz CT molecular complexity index is 403. The zero-order chi connectivity index (χ0) is 13.6. The fourth-order valence-electron chi connectivity index (χ4n) is 3.45. The Labute approximate surface area is 113 Å². The molecular weight excluding hydrogens is 242 g/mol. The van der Waals surface area contributed by atoms with Gasteiger partial charge in [0.25, 0.3) is 0 Å². The lowest BCUT2D eigenvalue weighted by Gasteiger charge is -2.25. The second-order valence-corrected chi connectivity index (χ2v) is 6.56. The Balaban J connectivity index is 1.56. The van der Waals surface area contributed by atoms with Crippen LogP contribution in [0.4, 0.5) is 0 Å². The second kappa shape index (κ2) is 4.47. The summed E-state index contributed by atoms with van der Waals surface area (Å²) in [5.74, 6) is 0.736. The molecule has 3 fully saturated rings. The summed E-state index contributed by atoms with van der Waals surface area (Å²) in [5.41, 5.74) is 5.44. The summed E-state index contributed by atoms with van der Waals surface area (Å²) in [7, 11) is 0. The van der Waals surface area contributed by atoms with Gasteiger partial charge in [-0.25, -0.2) is 0 Å². The maximum Gasteiger partial charge on any atom is 0.240 e. The molecule has 1 aliphatic heterocycles. The average molecular weight is 265 g/mol. The number of amides is 2. The van der Waals surface area contributed by atoms with Crippen molar-refractivity contribution in [2.45, 2.75) is 63.1 Å². The molecule has 5 nitrogen and oxygen atoms in total. The van der Waals surface area contributed by atoms with Gasteiger partial charge < -0.3 is 16.0 Å². The first-order chi connectivity index (χ1) is 8.99. The molecule has 2 saturated carbocycles. The van der Waals surface area contributed by atoms with E-state index in [2.05, 4.69) is 12.2 Å². The highest BCUT2D eigenvalue weighted by Crippen LogP contribution is 2.37. The molecule has 2 amide bonds. The van der Waals surface area contributed by atoms with Crippen molar-refractivity contribution in [2.24, 2.45) is 11.7 Å². The highest BCUT2D eigenvalue weighted by atomic mass is 16.2. The topological polar surface area (TPSA) is 75.4 Å². The molecule has 3 aliphatic rings. The largest absolute Gasteiger partial charge is 0.349 e. The highest BCUT2D eigenvalue weighted by Gasteiger charge is 2.46. The van der Waals surface area contributed by atoms with Crippen LogP contribution in [0.25, 0.3) is 0 Å². The summed E-state index contributed by atoms with van der Waals surface area (Å²) in [4.78, 5) is 26.1. The van der Waals surface area contributed by atoms with Gasteiger partial charge in [0.1, 0.15) is 0 Å². The fourth-order valence-corrected chi connectivity index (χ4v) is 3.45. The van der Waals surface area contributed by atoms with Crippen LogP contribution in [0, 0.1) is 5.92 Å². The minimum absolute atomic E-state index is 0.0474. The zero-order valence-electron chi connectivity index (χ0n) is 11.5. The molecule has 106 valence electrons. The second-order valence-electron chi connectivity index (χ2n) is 6.56. The molecule has 2 aliphatic carbocycles. The lowest BCUT2D eigenvalue weighted by Crippen LogP contribution is -2.54. The van der Waals surface area contributed by atoms with E-state index >= 15 is 0 Å². The standard InChI is InChI=1S/C14H23N3O2/c1-9-6-11(9)17-8-10(7-12(17)18)16-13(19)14(15)4-2-3-5-14/h9-11H,2-8,15H2,1H3,(H,16,19)/t9-,10+,11+/m1/s1. The Morgan fingerprint density at radius 3 is 2.63 bits per heavy atom. The van der Waals surface area contributed by atoms with Crippen molar-refractivity contribution in [3.05, 3.63) is 0 Å². The van der Waals surface area contributed by atoms with Gasteiger partial charge in [-0.2, -0.15) is 0 Å². The SMILES string of the molecule is C[C@@H]1C[C@@H]1N1C[C@@H](NC(=O)C2(N)CCCC2)CC1=O. The molecule has 3 rings (SSSR count). The summed E-state index contributed by atoms with van der Waals surface area (Å²) < 4.78 is 0. The van der Waals surface area contributed by atoms with Crippen molar-refractivity contribution in [3.63, 3.8) is 0 Å². The van der Waals surface area contributed by atoms with Crippen LogP contribution in [0.2, 0.25) is 0 Å². The maximum atomic E-state index is 12.2. The van der Waals surface area contributed by atoms with E-state index in [1.165, 1.54) is 0 Å². The summed E-state index contributed by atoms with van der Waals surface area (Å²) >= 11 is 0. The lowest BCUT2D eigenvalue weighted by atomic mass is 9.97. The van der Waals surface area contributed by atoms with Crippen LogP contribution in [0.5, 0.6) is 0 Å². The molecule has 0 bridgehead atoms. The molecule has 5 heteroatoms. The average Bonchev–Trinajstić information content (AvgIpc) is 2.75. The Hall–Kier alpha value is -1.10. The molecule has 0 aromatic carbocycles. The quantitative estimate of drug-likeness (QED) is 0.775. The van der Waals surface area contributed by atoms with Gasteiger partial charge >= 0.3 is 0 Å². The number of carbonyl (C=O) groups excluding carboxylic acids is 2. The van der Waals surface area contributed by atoms with Gasteiger partial charge in [-0.3, -0.25) is 9.59 Å². The Morgan fingerprint density at radius 2 is 2.05 bits per heavy atom. The maximum absolute atomic E-state index is 12.2. The van der Waals surface area contributed by atoms with E-state index in [0.717, 1.165) is 32.1 Å². The van der Waals surface area contributed by atoms with E-state index in [1.807, 2.05) is 4.90 Å². The summed E-state index contributed by atoms with van der Waals surface area (Å²) in [6.07, 6.45) is 5.13. The number of nitrogens with two attached hydrogens (primary N) is 1. The number of hydrogen-bond donors (Lipinski definition) is 2. The van der Waals surface area contributed by atoms with Crippen molar-refractivity contribution < 1.29 is 9.59 Å². The fraction of sp³-hybridized carbons (Fsp3) is 0.857. The van der Waals surface area contributed by atoms with Crippen LogP contribution >= 0.6 is 0 Å². The first-order valence-corrected chi connectivity index (χ1v) is 7.39. The van der Waals surface area contributed by atoms with Crippen LogP contribution in [-0.4, -0.2) is 40.9 Å². The van der Waals surface area contributed by atoms with Crippen molar-refractivity contribution in [1.82, 2.24) is 10.2 Å². The van der Waals surface area contributed by atoms with E-state index in [0.29, 0.717) is 24.9 Å². The van der Waals surface area contributed by atoms with Gasteiger partial charge in [0.15, 0.2) is 0 Å². The first kappa shape index (κ1) is 12.9. The zero-order valence-corrected chi connectivity index (χ0v) is 11.5. The van der Waals surface area contributed by atoms with Crippen LogP contribution in [0.1, 0.15) is 45.4 Å². The monoisotopic (exact) mass is 265 g/mol. The predicted octanol–water partition coefficient (Wildman–Crippen LogP) is 0.383. The van der Waals surface area contributed by atoms with Crippen molar-refractivity contribution in [1.29, 1.82) is 0 Å². The summed E-state index contributed by atoms with van der Waals surface area (Å²) in [5, 5.41) is 2.99. The summed E-state index contributed by atoms with van der Waals surface area (Å²) in [6.45, 7) is 2.83. The number of nitrogens with one attached hydrogen (secondary N) is 1. The normalized spacial score (nSPS) is 36.6. The number of rotatable bonds is 3. The molecule has 3 N–H and O–H groups in total. The summed E-state index contributed by atoms with van der Waals surface area (Å²) in [6, 6.07) is 0.363. The third kappa shape index (κ3) is 2.36. The van der Waals surface area contributed by atoms with Gasteiger partial charge in [0, 0.05) is 19.0 Å². The number of carbonyl (C=O) groups is 2. The third-order valence-corrected chi connectivity index (χ3v) is 4.91. The lowest BCUT2D eigenvalue weighted by molar-refractivity contribution is -0.128. The minimum Gasteiger partial charge on any atom is -0.349 e. The van der Waals surface area contributed by atoms with E-state index in [1.54, 1.807) is 0 Å². The molecule has 19 heavy (non-hydrogen) atoms. The van der Waals surface area contributed by atoms with Crippen molar-refractivity contribution >= 4 is 11.8 Å². The van der Waals surface area contributed by atoms with Crippen molar-refractivity contribution in [2.75, 3.05) is 6.54 Å². The van der Waals surface area contributed by atoms with Crippen LogP contribution < -0.4 is 11.1 Å². The van der Waals surface area contributed by atoms with Gasteiger partial charge in [-0.1, -0.05) is 19.8 Å². The van der Waals surface area contributed by atoms with Gasteiger partial charge in [-0.15, -0.1) is 0 Å². The van der Waals surface area contributed by atoms with E-state index in [9.17, 15) is 9.59 Å². The molecule has 0 spiro atoms. The molecule has 3 atom stereocenters. The van der Waals surface area contributed by atoms with Gasteiger partial charge in [-0.05, 0) is 25.2 Å². The molecule has 1 heterocycles.